The number of benzene rings is 3. The highest BCUT2D eigenvalue weighted by molar-refractivity contribution is 5.90. The zero-order chi connectivity index (χ0) is 21.3. The number of carbonyl (C=O) groups excluding carboxylic acids is 2. The zero-order valence-corrected chi connectivity index (χ0v) is 17.1. The van der Waals surface area contributed by atoms with Gasteiger partial charge < -0.3 is 14.2 Å². The predicted octanol–water partition coefficient (Wildman–Crippen LogP) is 5.11. The number of hydrogen-bond acceptors (Lipinski definition) is 5. The summed E-state index contributed by atoms with van der Waals surface area (Å²) in [5.74, 6) is 0.0376. The van der Waals surface area contributed by atoms with E-state index < -0.39 is 5.97 Å². The van der Waals surface area contributed by atoms with E-state index in [0.717, 1.165) is 22.4 Å². The third kappa shape index (κ3) is 5.95. The summed E-state index contributed by atoms with van der Waals surface area (Å²) in [7, 11) is 0. The van der Waals surface area contributed by atoms with Crippen molar-refractivity contribution in [3.05, 3.63) is 101 Å². The molecule has 0 saturated carbocycles. The predicted molar refractivity (Wildman–Crippen MR) is 113 cm³/mol. The third-order valence-electron chi connectivity index (χ3n) is 4.42. The molecule has 3 aromatic rings. The molecule has 0 aliphatic carbocycles. The summed E-state index contributed by atoms with van der Waals surface area (Å²) in [4.78, 5) is 23.9. The molecule has 3 aromatic carbocycles. The van der Waals surface area contributed by atoms with Gasteiger partial charge in [-0.2, -0.15) is 0 Å². The molecule has 0 saturated heterocycles. The number of ether oxygens (including phenoxy) is 3. The van der Waals surface area contributed by atoms with Crippen molar-refractivity contribution >= 4 is 11.9 Å². The van der Waals surface area contributed by atoms with E-state index in [1.54, 1.807) is 43.3 Å². The van der Waals surface area contributed by atoms with Crippen molar-refractivity contribution in [2.45, 2.75) is 27.1 Å². The fourth-order valence-electron chi connectivity index (χ4n) is 2.79. The third-order valence-corrected chi connectivity index (χ3v) is 4.42. The Morgan fingerprint density at radius 3 is 1.87 bits per heavy atom. The molecule has 0 radical (unpaired) electrons. The number of aryl methyl sites for hydroxylation is 1. The minimum absolute atomic E-state index is 0.125. The molecule has 0 fully saturated rings. The first kappa shape index (κ1) is 21.1. The van der Waals surface area contributed by atoms with Crippen molar-refractivity contribution in [3.63, 3.8) is 0 Å². The molecule has 0 aromatic heterocycles. The Balaban J connectivity index is 1.50. The van der Waals surface area contributed by atoms with Gasteiger partial charge in [0, 0.05) is 0 Å². The highest BCUT2D eigenvalue weighted by Gasteiger charge is 2.09. The average Bonchev–Trinajstić information content (AvgIpc) is 2.77. The molecule has 30 heavy (non-hydrogen) atoms. The largest absolute Gasteiger partial charge is 0.489 e. The summed E-state index contributed by atoms with van der Waals surface area (Å²) in [5.41, 5.74) is 3.83. The SMILES string of the molecule is CCOC(=O)c1ccc(COC(=O)c2ccc(COc3cccc(C)c3)cc2)cc1. The zero-order valence-electron chi connectivity index (χ0n) is 17.1. The molecule has 0 bridgehead atoms. The Hall–Kier alpha value is -3.60. The van der Waals surface area contributed by atoms with Crippen LogP contribution in [0, 0.1) is 6.92 Å². The topological polar surface area (TPSA) is 61.8 Å². The van der Waals surface area contributed by atoms with E-state index in [9.17, 15) is 9.59 Å². The summed E-state index contributed by atoms with van der Waals surface area (Å²) in [6.07, 6.45) is 0. The van der Waals surface area contributed by atoms with E-state index in [-0.39, 0.29) is 12.6 Å². The Morgan fingerprint density at radius 1 is 0.733 bits per heavy atom. The second kappa shape index (κ2) is 10.3. The maximum Gasteiger partial charge on any atom is 0.338 e. The quantitative estimate of drug-likeness (QED) is 0.489. The first-order valence-corrected chi connectivity index (χ1v) is 9.76. The standard InChI is InChI=1S/C25H24O5/c1-3-28-24(26)21-11-9-20(10-12-21)17-30-25(27)22-13-7-19(8-14-22)16-29-23-6-4-5-18(2)15-23/h4-15H,3,16-17H2,1-2H3. The van der Waals surface area contributed by atoms with Crippen LogP contribution in [-0.4, -0.2) is 18.5 Å². The second-order valence-electron chi connectivity index (χ2n) is 6.80. The molecule has 5 nitrogen and oxygen atoms in total. The van der Waals surface area contributed by atoms with Gasteiger partial charge in [-0.05, 0) is 66.9 Å². The van der Waals surface area contributed by atoms with Crippen LogP contribution in [0.5, 0.6) is 5.75 Å². The van der Waals surface area contributed by atoms with Gasteiger partial charge in [0.05, 0.1) is 17.7 Å². The Bertz CT molecular complexity index is 991. The average molecular weight is 404 g/mol. The van der Waals surface area contributed by atoms with Crippen LogP contribution < -0.4 is 4.74 Å². The van der Waals surface area contributed by atoms with Gasteiger partial charge in [0.15, 0.2) is 0 Å². The summed E-state index contributed by atoms with van der Waals surface area (Å²) in [5, 5.41) is 0. The van der Waals surface area contributed by atoms with Gasteiger partial charge in [-0.15, -0.1) is 0 Å². The summed E-state index contributed by atoms with van der Waals surface area (Å²) in [6, 6.07) is 21.8. The molecule has 154 valence electrons. The number of esters is 2. The van der Waals surface area contributed by atoms with Gasteiger partial charge >= 0.3 is 11.9 Å². The van der Waals surface area contributed by atoms with E-state index in [4.69, 9.17) is 14.2 Å². The minimum atomic E-state index is -0.407. The van der Waals surface area contributed by atoms with Crippen molar-refractivity contribution in [2.24, 2.45) is 0 Å². The molecule has 0 unspecified atom stereocenters. The van der Waals surface area contributed by atoms with Crippen molar-refractivity contribution in [1.82, 2.24) is 0 Å². The van der Waals surface area contributed by atoms with Crippen LogP contribution in [0.25, 0.3) is 0 Å². The van der Waals surface area contributed by atoms with Crippen LogP contribution in [0.2, 0.25) is 0 Å². The molecular formula is C25H24O5. The highest BCUT2D eigenvalue weighted by Crippen LogP contribution is 2.15. The molecule has 5 heteroatoms. The number of carbonyl (C=O) groups is 2. The molecule has 0 amide bonds. The summed E-state index contributed by atoms with van der Waals surface area (Å²) in [6.45, 7) is 4.65. The van der Waals surface area contributed by atoms with Gasteiger partial charge in [-0.1, -0.05) is 36.4 Å². The normalized spacial score (nSPS) is 10.3. The van der Waals surface area contributed by atoms with Crippen molar-refractivity contribution in [3.8, 4) is 5.75 Å². The second-order valence-corrected chi connectivity index (χ2v) is 6.80. The van der Waals surface area contributed by atoms with Gasteiger partial charge in [-0.25, -0.2) is 9.59 Å². The maximum absolute atomic E-state index is 12.3. The summed E-state index contributed by atoms with van der Waals surface area (Å²) >= 11 is 0. The Kier molecular flexibility index (Phi) is 7.22. The lowest BCUT2D eigenvalue weighted by atomic mass is 10.1. The smallest absolute Gasteiger partial charge is 0.338 e. The highest BCUT2D eigenvalue weighted by atomic mass is 16.5. The van der Waals surface area contributed by atoms with E-state index in [1.807, 2.05) is 43.3 Å². The first-order chi connectivity index (χ1) is 14.5. The van der Waals surface area contributed by atoms with E-state index >= 15 is 0 Å². The summed E-state index contributed by atoms with van der Waals surface area (Å²) < 4.78 is 16.1. The van der Waals surface area contributed by atoms with Gasteiger partial charge in [0.2, 0.25) is 0 Å². The lowest BCUT2D eigenvalue weighted by molar-refractivity contribution is 0.0469. The monoisotopic (exact) mass is 404 g/mol. The molecule has 0 N–H and O–H groups in total. The van der Waals surface area contributed by atoms with E-state index in [2.05, 4.69) is 0 Å². The van der Waals surface area contributed by atoms with Gasteiger partial charge in [0.25, 0.3) is 0 Å². The Morgan fingerprint density at radius 2 is 1.30 bits per heavy atom. The number of hydrogen-bond donors (Lipinski definition) is 0. The van der Waals surface area contributed by atoms with Gasteiger partial charge in [0.1, 0.15) is 19.0 Å². The van der Waals surface area contributed by atoms with E-state index in [1.165, 1.54) is 0 Å². The lowest BCUT2D eigenvalue weighted by Gasteiger charge is -2.08. The van der Waals surface area contributed by atoms with E-state index in [0.29, 0.717) is 24.3 Å². The number of rotatable bonds is 8. The van der Waals surface area contributed by atoms with Crippen molar-refractivity contribution < 1.29 is 23.8 Å². The molecule has 0 aliphatic rings. The molecule has 0 aliphatic heterocycles. The fourth-order valence-corrected chi connectivity index (χ4v) is 2.79. The van der Waals surface area contributed by atoms with Gasteiger partial charge in [-0.3, -0.25) is 0 Å². The Labute approximate surface area is 176 Å². The van der Waals surface area contributed by atoms with Crippen LogP contribution in [0.1, 0.15) is 44.3 Å². The fraction of sp³-hybridized carbons (Fsp3) is 0.200. The maximum atomic E-state index is 12.3. The molecule has 0 atom stereocenters. The van der Waals surface area contributed by atoms with Crippen molar-refractivity contribution in [2.75, 3.05) is 6.61 Å². The lowest BCUT2D eigenvalue weighted by Crippen LogP contribution is -2.07. The molecular weight excluding hydrogens is 380 g/mol. The van der Waals surface area contributed by atoms with Crippen LogP contribution >= 0.6 is 0 Å². The van der Waals surface area contributed by atoms with Crippen LogP contribution in [-0.2, 0) is 22.7 Å². The molecule has 0 heterocycles. The van der Waals surface area contributed by atoms with Crippen molar-refractivity contribution in [1.29, 1.82) is 0 Å². The molecule has 3 rings (SSSR count). The first-order valence-electron chi connectivity index (χ1n) is 9.76. The van der Waals surface area contributed by atoms with Crippen LogP contribution in [0.15, 0.2) is 72.8 Å². The minimum Gasteiger partial charge on any atom is -0.489 e. The van der Waals surface area contributed by atoms with Crippen LogP contribution in [0.4, 0.5) is 0 Å². The van der Waals surface area contributed by atoms with Crippen LogP contribution in [0.3, 0.4) is 0 Å². The molecule has 0 spiro atoms.